The fraction of sp³-hybridized carbons (Fsp3) is 0.333. The summed E-state index contributed by atoms with van der Waals surface area (Å²) in [5.41, 5.74) is 11.3. The third kappa shape index (κ3) is 4.79. The van der Waals surface area contributed by atoms with E-state index in [9.17, 15) is 9.59 Å². The van der Waals surface area contributed by atoms with Crippen LogP contribution in [0.2, 0.25) is 0 Å². The zero-order valence-corrected chi connectivity index (χ0v) is 22.3. The summed E-state index contributed by atoms with van der Waals surface area (Å²) in [6.07, 6.45) is 0.904. The van der Waals surface area contributed by atoms with Gasteiger partial charge in [-0.1, -0.05) is 24.3 Å². The summed E-state index contributed by atoms with van der Waals surface area (Å²) in [6, 6.07) is 17.0. The number of fused-ring (bicyclic) bond motifs is 2. The molecule has 38 heavy (non-hydrogen) atoms. The number of methoxy groups -OCH3 is 1. The second-order valence-corrected chi connectivity index (χ2v) is 10.1. The molecule has 0 unspecified atom stereocenters. The number of carbonyl (C=O) groups excluding carboxylic acids is 2. The minimum Gasteiger partial charge on any atom is -0.497 e. The standard InChI is InChI=1S/C30H35N5O3/c1-33(2)14-6-13-32-24-19-25(35-17-15-34(16-18-35)20-9-11-21(38-3)12-10-20)28(31)27-26(24)29(36)22-7-4-5-8-23(22)30(27)37/h4-5,7-12,19,32H,6,13-18,31H2,1-3H3. The van der Waals surface area contributed by atoms with Crippen LogP contribution in [-0.2, 0) is 0 Å². The van der Waals surface area contributed by atoms with Gasteiger partial charge in [0.05, 0.1) is 29.6 Å². The van der Waals surface area contributed by atoms with Crippen LogP contribution in [0.3, 0.4) is 0 Å². The van der Waals surface area contributed by atoms with Crippen LogP contribution >= 0.6 is 0 Å². The molecule has 0 aromatic heterocycles. The van der Waals surface area contributed by atoms with Crippen molar-refractivity contribution in [3.05, 3.63) is 76.9 Å². The fourth-order valence-corrected chi connectivity index (χ4v) is 5.32. The molecule has 3 aromatic rings. The topological polar surface area (TPSA) is 91.1 Å². The van der Waals surface area contributed by atoms with Gasteiger partial charge in [-0.25, -0.2) is 0 Å². The van der Waals surface area contributed by atoms with Gasteiger partial charge in [0.15, 0.2) is 11.6 Å². The molecular formula is C30H35N5O3. The van der Waals surface area contributed by atoms with Gasteiger partial charge < -0.3 is 30.5 Å². The number of nitrogens with one attached hydrogen (secondary N) is 1. The Balaban J connectivity index is 1.46. The van der Waals surface area contributed by atoms with Gasteiger partial charge >= 0.3 is 0 Å². The van der Waals surface area contributed by atoms with Crippen LogP contribution in [0.4, 0.5) is 22.7 Å². The lowest BCUT2D eigenvalue weighted by atomic mass is 9.81. The summed E-state index contributed by atoms with van der Waals surface area (Å²) in [5.74, 6) is 0.483. The molecule has 3 aromatic carbocycles. The molecule has 2 aliphatic rings. The lowest BCUT2D eigenvalue weighted by Gasteiger charge is -2.38. The van der Waals surface area contributed by atoms with Crippen molar-refractivity contribution < 1.29 is 14.3 Å². The van der Waals surface area contributed by atoms with Crippen LogP contribution in [0.25, 0.3) is 0 Å². The van der Waals surface area contributed by atoms with Gasteiger partial charge in [-0.05, 0) is 57.4 Å². The number of piperazine rings is 1. The van der Waals surface area contributed by atoms with Gasteiger partial charge in [0.2, 0.25) is 0 Å². The number of nitrogen functional groups attached to an aromatic ring is 1. The van der Waals surface area contributed by atoms with Crippen molar-refractivity contribution in [1.29, 1.82) is 0 Å². The Morgan fingerprint density at radius 1 is 0.895 bits per heavy atom. The van der Waals surface area contributed by atoms with E-state index in [-0.39, 0.29) is 11.6 Å². The first kappa shape index (κ1) is 25.6. The Hall–Kier alpha value is -4.04. The number of nitrogens with zero attached hydrogens (tertiary/aromatic N) is 3. The molecule has 1 saturated heterocycles. The van der Waals surface area contributed by atoms with Gasteiger partial charge in [0, 0.05) is 55.2 Å². The maximum absolute atomic E-state index is 13.7. The maximum atomic E-state index is 13.7. The van der Waals surface area contributed by atoms with E-state index in [4.69, 9.17) is 10.5 Å². The van der Waals surface area contributed by atoms with Crippen LogP contribution in [0.5, 0.6) is 5.75 Å². The van der Waals surface area contributed by atoms with Crippen molar-refractivity contribution in [3.63, 3.8) is 0 Å². The molecule has 0 radical (unpaired) electrons. The van der Waals surface area contributed by atoms with Gasteiger partial charge in [0.25, 0.3) is 0 Å². The summed E-state index contributed by atoms with van der Waals surface area (Å²) < 4.78 is 5.29. The van der Waals surface area contributed by atoms with Crippen molar-refractivity contribution in [2.75, 3.05) is 81.3 Å². The van der Waals surface area contributed by atoms with E-state index in [0.29, 0.717) is 40.2 Å². The summed E-state index contributed by atoms with van der Waals surface area (Å²) in [6.45, 7) is 4.71. The molecule has 3 N–H and O–H groups in total. The molecule has 8 nitrogen and oxygen atoms in total. The first-order valence-corrected chi connectivity index (χ1v) is 13.1. The zero-order chi connectivity index (χ0) is 26.8. The van der Waals surface area contributed by atoms with Gasteiger partial charge in [-0.2, -0.15) is 0 Å². The van der Waals surface area contributed by atoms with Crippen LogP contribution in [0.1, 0.15) is 38.3 Å². The van der Waals surface area contributed by atoms with Gasteiger partial charge in [0.1, 0.15) is 5.75 Å². The third-order valence-electron chi connectivity index (χ3n) is 7.37. The molecular weight excluding hydrogens is 478 g/mol. The summed E-state index contributed by atoms with van der Waals surface area (Å²) in [5, 5.41) is 3.46. The molecule has 1 aliphatic heterocycles. The highest BCUT2D eigenvalue weighted by Gasteiger charge is 2.35. The van der Waals surface area contributed by atoms with E-state index in [0.717, 1.165) is 56.3 Å². The van der Waals surface area contributed by atoms with Crippen LogP contribution in [-0.4, -0.2) is 76.9 Å². The number of ketones is 2. The molecule has 0 amide bonds. The highest BCUT2D eigenvalue weighted by Crippen LogP contribution is 2.41. The Labute approximate surface area is 224 Å². The predicted molar refractivity (Wildman–Crippen MR) is 153 cm³/mol. The highest BCUT2D eigenvalue weighted by atomic mass is 16.5. The average Bonchev–Trinajstić information content (AvgIpc) is 2.94. The largest absolute Gasteiger partial charge is 0.497 e. The lowest BCUT2D eigenvalue weighted by molar-refractivity contribution is 0.0980. The number of carbonyl (C=O) groups is 2. The number of hydrogen-bond acceptors (Lipinski definition) is 8. The molecule has 1 heterocycles. The molecule has 0 spiro atoms. The Kier molecular flexibility index (Phi) is 7.24. The Bertz CT molecular complexity index is 1340. The van der Waals surface area contributed by atoms with Gasteiger partial charge in [-0.15, -0.1) is 0 Å². The molecule has 8 heteroatoms. The van der Waals surface area contributed by atoms with E-state index < -0.39 is 0 Å². The quantitative estimate of drug-likeness (QED) is 0.272. The number of anilines is 4. The van der Waals surface area contributed by atoms with Crippen LogP contribution in [0.15, 0.2) is 54.6 Å². The van der Waals surface area contributed by atoms with Crippen LogP contribution < -0.4 is 25.6 Å². The van der Waals surface area contributed by atoms with E-state index in [1.165, 1.54) is 0 Å². The lowest BCUT2D eigenvalue weighted by Crippen LogP contribution is -2.47. The maximum Gasteiger partial charge on any atom is 0.196 e. The van der Waals surface area contributed by atoms with Crippen molar-refractivity contribution in [3.8, 4) is 5.75 Å². The molecule has 0 atom stereocenters. The van der Waals surface area contributed by atoms with Crippen molar-refractivity contribution >= 4 is 34.3 Å². The Morgan fingerprint density at radius 2 is 1.50 bits per heavy atom. The molecule has 0 bridgehead atoms. The molecule has 1 aliphatic carbocycles. The van der Waals surface area contributed by atoms with Crippen molar-refractivity contribution in [2.24, 2.45) is 0 Å². The Morgan fingerprint density at radius 3 is 2.11 bits per heavy atom. The number of benzene rings is 3. The monoisotopic (exact) mass is 513 g/mol. The highest BCUT2D eigenvalue weighted by molar-refractivity contribution is 6.32. The predicted octanol–water partition coefficient (Wildman–Crippen LogP) is 3.74. The normalized spacial score (nSPS) is 14.9. The van der Waals surface area contributed by atoms with Crippen molar-refractivity contribution in [1.82, 2.24) is 4.90 Å². The molecule has 0 saturated carbocycles. The molecule has 198 valence electrons. The second-order valence-electron chi connectivity index (χ2n) is 10.1. The number of rotatable bonds is 8. The zero-order valence-electron chi connectivity index (χ0n) is 22.3. The van der Waals surface area contributed by atoms with E-state index in [2.05, 4.69) is 32.1 Å². The number of ether oxygens (including phenoxy) is 1. The molecule has 5 rings (SSSR count). The van der Waals surface area contributed by atoms with Crippen LogP contribution in [0, 0.1) is 0 Å². The van der Waals surface area contributed by atoms with Gasteiger partial charge in [-0.3, -0.25) is 9.59 Å². The minimum absolute atomic E-state index is 0.159. The SMILES string of the molecule is COc1ccc(N2CCN(c3cc(NCCCN(C)C)c4c(c3N)C(=O)c3ccccc3C4=O)CC2)cc1. The summed E-state index contributed by atoms with van der Waals surface area (Å²) in [4.78, 5) is 34.0. The first-order chi connectivity index (χ1) is 18.4. The number of nitrogens with two attached hydrogens (primary N) is 1. The third-order valence-corrected chi connectivity index (χ3v) is 7.37. The minimum atomic E-state index is -0.192. The summed E-state index contributed by atoms with van der Waals surface area (Å²) >= 11 is 0. The number of hydrogen-bond donors (Lipinski definition) is 2. The summed E-state index contributed by atoms with van der Waals surface area (Å²) in [7, 11) is 5.74. The first-order valence-electron chi connectivity index (χ1n) is 13.1. The molecule has 1 fully saturated rings. The van der Waals surface area contributed by atoms with Crippen molar-refractivity contribution in [2.45, 2.75) is 6.42 Å². The fourth-order valence-electron chi connectivity index (χ4n) is 5.32. The van der Waals surface area contributed by atoms with E-state index >= 15 is 0 Å². The smallest absolute Gasteiger partial charge is 0.196 e. The average molecular weight is 514 g/mol. The van der Waals surface area contributed by atoms with E-state index in [1.807, 2.05) is 32.3 Å². The second kappa shape index (κ2) is 10.8. The van der Waals surface area contributed by atoms with E-state index in [1.54, 1.807) is 31.4 Å².